The molecule has 178 valence electrons. The summed E-state index contributed by atoms with van der Waals surface area (Å²) in [5.41, 5.74) is 4.79. The molecular weight excluding hydrogens is 550 g/mol. The summed E-state index contributed by atoms with van der Waals surface area (Å²) in [5.74, 6) is 1.16. The maximum Gasteiger partial charge on any atom is 0.304 e. The van der Waals surface area contributed by atoms with E-state index in [2.05, 4.69) is 33.0 Å². The lowest BCUT2D eigenvalue weighted by Crippen LogP contribution is -2.04. The van der Waals surface area contributed by atoms with E-state index in [1.807, 2.05) is 54.6 Å². The number of benzene rings is 3. The molecule has 1 atom stereocenters. The molecule has 4 aromatic rings. The Morgan fingerprint density at radius 2 is 1.97 bits per heavy atom. The Labute approximate surface area is 220 Å². The van der Waals surface area contributed by atoms with Crippen molar-refractivity contribution in [1.82, 2.24) is 4.98 Å². The van der Waals surface area contributed by atoms with E-state index in [0.717, 1.165) is 43.5 Å². The zero-order chi connectivity index (χ0) is 24.4. The normalized spacial score (nSPS) is 14.5. The predicted octanol–water partition coefficient (Wildman–Crippen LogP) is 7.42. The lowest BCUT2D eigenvalue weighted by atomic mass is 10.00. The van der Waals surface area contributed by atoms with Crippen molar-refractivity contribution < 1.29 is 19.4 Å². The Bertz CT molecular complexity index is 1410. The molecule has 1 aromatic heterocycles. The van der Waals surface area contributed by atoms with Gasteiger partial charge in [-0.15, -0.1) is 11.8 Å². The van der Waals surface area contributed by atoms with Gasteiger partial charge in [0, 0.05) is 26.2 Å². The average molecular weight is 571 g/mol. The predicted molar refractivity (Wildman–Crippen MR) is 143 cm³/mol. The van der Waals surface area contributed by atoms with Crippen LogP contribution < -0.4 is 9.47 Å². The molecule has 0 bridgehead atoms. The number of aromatic nitrogens is 1. The number of carbonyl (C=O) groups is 1. The minimum atomic E-state index is -0.806. The highest BCUT2D eigenvalue weighted by atomic mass is 79.9. The highest BCUT2D eigenvalue weighted by molar-refractivity contribution is 9.10. The Kier molecular flexibility index (Phi) is 7.18. The fourth-order valence-corrected chi connectivity index (χ4v) is 5.92. The van der Waals surface area contributed by atoms with Crippen LogP contribution in [0.15, 0.2) is 71.2 Å². The van der Waals surface area contributed by atoms with Crippen LogP contribution in [0.1, 0.15) is 34.1 Å². The van der Waals surface area contributed by atoms with Crippen LogP contribution in [0.2, 0.25) is 5.02 Å². The van der Waals surface area contributed by atoms with Crippen LogP contribution >= 0.6 is 39.3 Å². The van der Waals surface area contributed by atoms with E-state index in [1.54, 1.807) is 11.8 Å². The van der Waals surface area contributed by atoms with Crippen molar-refractivity contribution in [3.63, 3.8) is 0 Å². The van der Waals surface area contributed by atoms with Gasteiger partial charge in [0.25, 0.3) is 0 Å². The maximum atomic E-state index is 11.1. The maximum absolute atomic E-state index is 11.1. The van der Waals surface area contributed by atoms with Crippen LogP contribution in [0.25, 0.3) is 10.9 Å². The number of thioether (sulfide) groups is 1. The van der Waals surface area contributed by atoms with E-state index in [-0.39, 0.29) is 11.7 Å². The summed E-state index contributed by atoms with van der Waals surface area (Å²) < 4.78 is 13.2. The summed E-state index contributed by atoms with van der Waals surface area (Å²) in [5, 5.41) is 10.7. The Morgan fingerprint density at radius 3 is 2.83 bits per heavy atom. The van der Waals surface area contributed by atoms with Gasteiger partial charge in [-0.05, 0) is 59.7 Å². The van der Waals surface area contributed by atoms with E-state index in [1.165, 1.54) is 0 Å². The first kappa shape index (κ1) is 24.0. The minimum absolute atomic E-state index is 0.0700. The van der Waals surface area contributed by atoms with Crippen molar-refractivity contribution in [3.8, 4) is 11.5 Å². The van der Waals surface area contributed by atoms with Crippen molar-refractivity contribution in [2.75, 3.05) is 5.75 Å². The molecular formula is C27H21BrClNO4S. The molecule has 0 spiro atoms. The molecule has 0 radical (unpaired) electrons. The number of nitrogens with zero attached hydrogens (tertiary/aromatic N) is 1. The molecule has 5 nitrogen and oxygen atoms in total. The van der Waals surface area contributed by atoms with Gasteiger partial charge in [-0.1, -0.05) is 45.7 Å². The topological polar surface area (TPSA) is 68.7 Å². The molecule has 3 aromatic carbocycles. The highest BCUT2D eigenvalue weighted by Gasteiger charge is 2.26. The minimum Gasteiger partial charge on any atom is -0.489 e. The second-order valence-corrected chi connectivity index (χ2v) is 10.7. The molecule has 0 saturated carbocycles. The van der Waals surface area contributed by atoms with Crippen molar-refractivity contribution in [1.29, 1.82) is 0 Å². The number of carboxylic acid groups (broad SMARTS) is 1. The van der Waals surface area contributed by atoms with Crippen LogP contribution in [-0.2, 0) is 18.0 Å². The Morgan fingerprint density at radius 1 is 1.11 bits per heavy atom. The number of hydrogen-bond acceptors (Lipinski definition) is 5. The van der Waals surface area contributed by atoms with Crippen molar-refractivity contribution in [2.45, 2.75) is 24.9 Å². The number of rotatable bonds is 7. The van der Waals surface area contributed by atoms with Gasteiger partial charge in [-0.25, -0.2) is 4.98 Å². The van der Waals surface area contributed by atoms with E-state index in [0.29, 0.717) is 29.7 Å². The van der Waals surface area contributed by atoms with E-state index < -0.39 is 5.97 Å². The molecule has 1 aliphatic rings. The summed E-state index contributed by atoms with van der Waals surface area (Å²) in [4.78, 5) is 15.8. The fourth-order valence-electron chi connectivity index (χ4n) is 4.04. The molecule has 0 amide bonds. The van der Waals surface area contributed by atoms with Gasteiger partial charge in [0.1, 0.15) is 24.7 Å². The molecule has 1 N–H and O–H groups in total. The standard InChI is InChI=1S/C27H21BrClNO4S/c28-18-3-7-22-17(11-18)14-34-25-8-6-21(13-23(25)27(22)35-10-9-26(31)32)33-15-20-5-2-16-1-4-19(29)12-24(16)30-20/h1-8,11-13,27H,9-10,14-15H2,(H,31,32). The van der Waals surface area contributed by atoms with Gasteiger partial charge in [-0.3, -0.25) is 4.79 Å². The fraction of sp³-hybridized carbons (Fsp3) is 0.185. The molecule has 1 unspecified atom stereocenters. The zero-order valence-corrected chi connectivity index (χ0v) is 21.7. The van der Waals surface area contributed by atoms with E-state index >= 15 is 0 Å². The third kappa shape index (κ3) is 5.58. The number of aliphatic carboxylic acids is 1. The zero-order valence-electron chi connectivity index (χ0n) is 18.5. The van der Waals surface area contributed by atoms with Gasteiger partial charge >= 0.3 is 5.97 Å². The van der Waals surface area contributed by atoms with Gasteiger partial charge in [0.15, 0.2) is 0 Å². The first-order valence-corrected chi connectivity index (χ1v) is 13.2. The summed E-state index contributed by atoms with van der Waals surface area (Å²) in [6.07, 6.45) is 0.0943. The number of carboxylic acids is 1. The van der Waals surface area contributed by atoms with Crippen molar-refractivity contribution >= 4 is 56.2 Å². The highest BCUT2D eigenvalue weighted by Crippen LogP contribution is 2.46. The molecule has 8 heteroatoms. The quantitative estimate of drug-likeness (QED) is 0.249. The molecule has 0 fully saturated rings. The second-order valence-electron chi connectivity index (χ2n) is 8.15. The van der Waals surface area contributed by atoms with Crippen LogP contribution in [0.3, 0.4) is 0 Å². The average Bonchev–Trinajstić information content (AvgIpc) is 2.98. The first-order chi connectivity index (χ1) is 17.0. The van der Waals surface area contributed by atoms with Crippen molar-refractivity contribution in [2.24, 2.45) is 0 Å². The summed E-state index contributed by atoms with van der Waals surface area (Å²) >= 11 is 11.3. The smallest absolute Gasteiger partial charge is 0.304 e. The number of fused-ring (bicyclic) bond motifs is 3. The lowest BCUT2D eigenvalue weighted by molar-refractivity contribution is -0.136. The Hall–Kier alpha value is -2.74. The number of ether oxygens (including phenoxy) is 2. The molecule has 1 aliphatic heterocycles. The molecule has 35 heavy (non-hydrogen) atoms. The monoisotopic (exact) mass is 569 g/mol. The van der Waals surface area contributed by atoms with Gasteiger partial charge in [0.2, 0.25) is 0 Å². The van der Waals surface area contributed by atoms with Crippen LogP contribution in [0.5, 0.6) is 11.5 Å². The van der Waals surface area contributed by atoms with Crippen molar-refractivity contribution in [3.05, 3.63) is 98.6 Å². The largest absolute Gasteiger partial charge is 0.489 e. The third-order valence-corrected chi connectivity index (χ3v) is 7.74. The number of pyridine rings is 1. The molecule has 5 rings (SSSR count). The van der Waals surface area contributed by atoms with E-state index in [9.17, 15) is 4.79 Å². The molecule has 2 heterocycles. The lowest BCUT2D eigenvalue weighted by Gasteiger charge is -2.19. The SMILES string of the molecule is O=C(O)CCSC1c2ccc(Br)cc2COc2ccc(OCc3ccc4ccc(Cl)cc4n3)cc21. The first-order valence-electron chi connectivity index (χ1n) is 11.0. The second kappa shape index (κ2) is 10.5. The van der Waals surface area contributed by atoms with Gasteiger partial charge in [-0.2, -0.15) is 0 Å². The molecule has 0 saturated heterocycles. The summed E-state index contributed by atoms with van der Waals surface area (Å²) in [7, 11) is 0. The third-order valence-electron chi connectivity index (χ3n) is 5.73. The number of halogens is 2. The van der Waals surface area contributed by atoms with Crippen LogP contribution in [0, 0.1) is 0 Å². The van der Waals surface area contributed by atoms with Crippen LogP contribution in [-0.4, -0.2) is 21.8 Å². The molecule has 0 aliphatic carbocycles. The summed E-state index contributed by atoms with van der Waals surface area (Å²) in [6, 6.07) is 21.5. The Balaban J connectivity index is 1.42. The van der Waals surface area contributed by atoms with Gasteiger partial charge < -0.3 is 14.6 Å². The van der Waals surface area contributed by atoms with Crippen LogP contribution in [0.4, 0.5) is 0 Å². The number of hydrogen-bond donors (Lipinski definition) is 1. The van der Waals surface area contributed by atoms with E-state index in [4.69, 9.17) is 26.2 Å². The summed E-state index contributed by atoms with van der Waals surface area (Å²) in [6.45, 7) is 0.754. The van der Waals surface area contributed by atoms with Gasteiger partial charge in [0.05, 0.1) is 22.9 Å².